The van der Waals surface area contributed by atoms with Gasteiger partial charge in [-0.15, -0.1) is 0 Å². The summed E-state index contributed by atoms with van der Waals surface area (Å²) >= 11 is 0. The maximum atomic E-state index is 13.2. The van der Waals surface area contributed by atoms with E-state index >= 15 is 0 Å². The molecule has 1 unspecified atom stereocenters. The third-order valence-electron chi connectivity index (χ3n) is 5.75. The largest absolute Gasteiger partial charge is 0.336 e. The number of amides is 1. The molecular formula is C20H30N2O3S. The Bertz CT molecular complexity index is 754. The van der Waals surface area contributed by atoms with Gasteiger partial charge in [-0.3, -0.25) is 4.79 Å². The van der Waals surface area contributed by atoms with Crippen molar-refractivity contribution >= 4 is 15.9 Å². The van der Waals surface area contributed by atoms with E-state index in [1.54, 1.807) is 22.5 Å². The summed E-state index contributed by atoms with van der Waals surface area (Å²) in [6, 6.07) is 5.28. The Kier molecular flexibility index (Phi) is 6.03. The van der Waals surface area contributed by atoms with Crippen molar-refractivity contribution in [3.8, 4) is 0 Å². The molecule has 1 amide bonds. The summed E-state index contributed by atoms with van der Waals surface area (Å²) in [4.78, 5) is 15.4. The van der Waals surface area contributed by atoms with Gasteiger partial charge < -0.3 is 4.90 Å². The van der Waals surface area contributed by atoms with E-state index in [4.69, 9.17) is 0 Å². The molecule has 0 saturated carbocycles. The van der Waals surface area contributed by atoms with E-state index in [0.717, 1.165) is 57.1 Å². The van der Waals surface area contributed by atoms with Crippen LogP contribution in [0.1, 0.15) is 67.8 Å². The van der Waals surface area contributed by atoms with Gasteiger partial charge in [-0.1, -0.05) is 19.4 Å². The SMILES string of the molecule is CCC1CCCCN1C(=O)c1cc(S(=O)(=O)N2CCCCC2)ccc1C. The highest BCUT2D eigenvalue weighted by molar-refractivity contribution is 7.89. The van der Waals surface area contributed by atoms with Crippen LogP contribution in [0.15, 0.2) is 23.1 Å². The first-order valence-electron chi connectivity index (χ1n) is 9.87. The highest BCUT2D eigenvalue weighted by Gasteiger charge is 2.30. The topological polar surface area (TPSA) is 57.7 Å². The molecule has 0 aromatic heterocycles. The Morgan fingerprint density at radius 3 is 2.46 bits per heavy atom. The third-order valence-corrected chi connectivity index (χ3v) is 7.65. The van der Waals surface area contributed by atoms with E-state index in [0.29, 0.717) is 18.7 Å². The van der Waals surface area contributed by atoms with Crippen LogP contribution < -0.4 is 0 Å². The van der Waals surface area contributed by atoms with Crippen molar-refractivity contribution < 1.29 is 13.2 Å². The zero-order valence-corrected chi connectivity index (χ0v) is 16.7. The average Bonchev–Trinajstić information content (AvgIpc) is 2.68. The Balaban J connectivity index is 1.91. The lowest BCUT2D eigenvalue weighted by atomic mass is 9.98. The molecular weight excluding hydrogens is 348 g/mol. The van der Waals surface area contributed by atoms with Gasteiger partial charge in [0.05, 0.1) is 4.90 Å². The van der Waals surface area contributed by atoms with E-state index in [2.05, 4.69) is 6.92 Å². The minimum Gasteiger partial charge on any atom is -0.336 e. The molecule has 6 heteroatoms. The van der Waals surface area contributed by atoms with Crippen molar-refractivity contribution in [1.82, 2.24) is 9.21 Å². The summed E-state index contributed by atoms with van der Waals surface area (Å²) < 4.78 is 27.5. The fourth-order valence-corrected chi connectivity index (χ4v) is 5.64. The lowest BCUT2D eigenvalue weighted by Gasteiger charge is -2.35. The molecule has 1 atom stereocenters. The zero-order valence-electron chi connectivity index (χ0n) is 15.9. The summed E-state index contributed by atoms with van der Waals surface area (Å²) in [7, 11) is -3.52. The second kappa shape index (κ2) is 8.09. The third kappa shape index (κ3) is 3.81. The first-order valence-corrected chi connectivity index (χ1v) is 11.3. The molecule has 2 aliphatic heterocycles. The van der Waals surface area contributed by atoms with E-state index < -0.39 is 10.0 Å². The van der Waals surface area contributed by atoms with Gasteiger partial charge in [-0.05, 0) is 63.1 Å². The maximum Gasteiger partial charge on any atom is 0.254 e. The van der Waals surface area contributed by atoms with Crippen molar-refractivity contribution in [2.75, 3.05) is 19.6 Å². The maximum absolute atomic E-state index is 13.2. The summed E-state index contributed by atoms with van der Waals surface area (Å²) in [5.41, 5.74) is 1.37. The smallest absolute Gasteiger partial charge is 0.254 e. The van der Waals surface area contributed by atoms with Crippen LogP contribution in [0.5, 0.6) is 0 Å². The predicted octanol–water partition coefficient (Wildman–Crippen LogP) is 3.57. The lowest BCUT2D eigenvalue weighted by molar-refractivity contribution is 0.0607. The van der Waals surface area contributed by atoms with Gasteiger partial charge in [0.25, 0.3) is 5.91 Å². The Hall–Kier alpha value is -1.40. The van der Waals surface area contributed by atoms with Crippen LogP contribution in [0.25, 0.3) is 0 Å². The molecule has 0 radical (unpaired) electrons. The average molecular weight is 379 g/mol. The Morgan fingerprint density at radius 1 is 1.08 bits per heavy atom. The molecule has 5 nitrogen and oxygen atoms in total. The number of likely N-dealkylation sites (tertiary alicyclic amines) is 1. The number of hydrogen-bond donors (Lipinski definition) is 0. The van der Waals surface area contributed by atoms with Crippen molar-refractivity contribution in [2.24, 2.45) is 0 Å². The first kappa shape index (κ1) is 19.4. The quantitative estimate of drug-likeness (QED) is 0.805. The molecule has 2 fully saturated rings. The van der Waals surface area contributed by atoms with Gasteiger partial charge in [-0.25, -0.2) is 8.42 Å². The highest BCUT2D eigenvalue weighted by Crippen LogP contribution is 2.26. The molecule has 144 valence electrons. The van der Waals surface area contributed by atoms with Gasteiger partial charge in [0.15, 0.2) is 0 Å². The van der Waals surface area contributed by atoms with Gasteiger partial charge in [0.2, 0.25) is 10.0 Å². The molecule has 0 N–H and O–H groups in total. The molecule has 1 aromatic carbocycles. The van der Waals surface area contributed by atoms with Crippen LogP contribution in [-0.2, 0) is 10.0 Å². The van der Waals surface area contributed by atoms with Gasteiger partial charge >= 0.3 is 0 Å². The van der Waals surface area contributed by atoms with Crippen molar-refractivity contribution in [3.05, 3.63) is 29.3 Å². The summed E-state index contributed by atoms with van der Waals surface area (Å²) in [6.45, 7) is 5.91. The molecule has 0 aliphatic carbocycles. The minimum absolute atomic E-state index is 0.0234. The predicted molar refractivity (Wildman–Crippen MR) is 103 cm³/mol. The molecule has 26 heavy (non-hydrogen) atoms. The standard InChI is InChI=1S/C20H30N2O3S/c1-3-17-9-5-8-14-22(17)20(23)19-15-18(11-10-16(19)2)26(24,25)21-12-6-4-7-13-21/h10-11,15,17H,3-9,12-14H2,1-2H3. The van der Waals surface area contributed by atoms with Crippen LogP contribution in [0, 0.1) is 6.92 Å². The number of hydrogen-bond acceptors (Lipinski definition) is 3. The van der Waals surface area contributed by atoms with Crippen molar-refractivity contribution in [3.63, 3.8) is 0 Å². The number of sulfonamides is 1. The monoisotopic (exact) mass is 378 g/mol. The molecule has 0 spiro atoms. The molecule has 1 aromatic rings. The Morgan fingerprint density at radius 2 is 1.77 bits per heavy atom. The molecule has 2 heterocycles. The molecule has 0 bridgehead atoms. The number of benzene rings is 1. The van der Waals surface area contributed by atoms with Crippen molar-refractivity contribution in [2.45, 2.75) is 69.7 Å². The van der Waals surface area contributed by atoms with E-state index in [1.165, 1.54) is 0 Å². The summed E-state index contributed by atoms with van der Waals surface area (Å²) in [5, 5.41) is 0. The lowest BCUT2D eigenvalue weighted by Crippen LogP contribution is -2.43. The van der Waals surface area contributed by atoms with Crippen LogP contribution in [-0.4, -0.2) is 49.2 Å². The number of aryl methyl sites for hydroxylation is 1. The molecule has 3 rings (SSSR count). The fraction of sp³-hybridized carbons (Fsp3) is 0.650. The zero-order chi connectivity index (χ0) is 18.7. The van der Waals surface area contributed by atoms with Gasteiger partial charge in [0.1, 0.15) is 0 Å². The van der Waals surface area contributed by atoms with Crippen LogP contribution in [0.2, 0.25) is 0 Å². The number of carbonyl (C=O) groups is 1. The first-order chi connectivity index (χ1) is 12.4. The second-order valence-corrected chi connectivity index (χ2v) is 9.44. The number of nitrogens with zero attached hydrogens (tertiary/aromatic N) is 2. The fourth-order valence-electron chi connectivity index (χ4n) is 4.09. The number of piperidine rings is 2. The normalized spacial score (nSPS) is 22.4. The second-order valence-electron chi connectivity index (χ2n) is 7.50. The molecule has 2 aliphatic rings. The van der Waals surface area contributed by atoms with Crippen LogP contribution in [0.4, 0.5) is 0 Å². The van der Waals surface area contributed by atoms with Crippen molar-refractivity contribution in [1.29, 1.82) is 0 Å². The summed E-state index contributed by atoms with van der Waals surface area (Å²) in [6.07, 6.45) is 7.05. The van der Waals surface area contributed by atoms with Gasteiger partial charge in [0, 0.05) is 31.2 Å². The van der Waals surface area contributed by atoms with Gasteiger partial charge in [-0.2, -0.15) is 4.31 Å². The molecule has 2 saturated heterocycles. The van der Waals surface area contributed by atoms with E-state index in [-0.39, 0.29) is 16.8 Å². The minimum atomic E-state index is -3.52. The highest BCUT2D eigenvalue weighted by atomic mass is 32.2. The van der Waals surface area contributed by atoms with E-state index in [1.807, 2.05) is 11.8 Å². The Labute approximate surface area is 157 Å². The van der Waals surface area contributed by atoms with Crippen LogP contribution >= 0.6 is 0 Å². The summed E-state index contributed by atoms with van der Waals surface area (Å²) in [5.74, 6) is -0.0234. The number of rotatable bonds is 4. The number of carbonyl (C=O) groups excluding carboxylic acids is 1. The van der Waals surface area contributed by atoms with E-state index in [9.17, 15) is 13.2 Å². The van der Waals surface area contributed by atoms with Crippen LogP contribution in [0.3, 0.4) is 0 Å².